The molecule has 0 saturated heterocycles. The smallest absolute Gasteiger partial charge is 0.0468 e. The Hall–Kier alpha value is -5.92. The fourth-order valence-corrected chi connectivity index (χ4v) is 7.62. The van der Waals surface area contributed by atoms with E-state index >= 15 is 0 Å². The monoisotopic (exact) mass is 613 g/mol. The number of hydrogen-bond donors (Lipinski definition) is 0. The van der Waals surface area contributed by atoms with Crippen LogP contribution in [0, 0.1) is 0 Å². The maximum Gasteiger partial charge on any atom is 0.0468 e. The van der Waals surface area contributed by atoms with E-state index in [1.165, 1.54) is 66.1 Å². The van der Waals surface area contributed by atoms with Crippen LogP contribution in [0.2, 0.25) is 0 Å². The Morgan fingerprint density at radius 1 is 0.333 bits per heavy atom. The van der Waals surface area contributed by atoms with Crippen LogP contribution in [0.5, 0.6) is 0 Å². The molecule has 0 unspecified atom stereocenters. The first-order chi connectivity index (χ1) is 23.5. The molecular formula is C47H35N. The Morgan fingerprint density at radius 3 is 1.48 bits per heavy atom. The minimum Gasteiger partial charge on any atom is -0.310 e. The zero-order valence-corrected chi connectivity index (χ0v) is 27.2. The topological polar surface area (TPSA) is 3.24 Å². The molecule has 9 rings (SSSR count). The lowest BCUT2D eigenvalue weighted by Crippen LogP contribution is -2.15. The van der Waals surface area contributed by atoms with Crippen LogP contribution < -0.4 is 4.90 Å². The van der Waals surface area contributed by atoms with Crippen LogP contribution in [-0.4, -0.2) is 0 Å². The van der Waals surface area contributed by atoms with Gasteiger partial charge in [-0.2, -0.15) is 0 Å². The van der Waals surface area contributed by atoms with Crippen molar-refractivity contribution in [2.45, 2.75) is 19.3 Å². The van der Waals surface area contributed by atoms with Crippen LogP contribution >= 0.6 is 0 Å². The van der Waals surface area contributed by atoms with E-state index in [4.69, 9.17) is 0 Å². The van der Waals surface area contributed by atoms with Gasteiger partial charge in [-0.1, -0.05) is 135 Å². The van der Waals surface area contributed by atoms with Gasteiger partial charge in [0.2, 0.25) is 0 Å². The predicted octanol–water partition coefficient (Wildman–Crippen LogP) is 13.1. The van der Waals surface area contributed by atoms with Gasteiger partial charge in [-0.25, -0.2) is 0 Å². The number of benzene rings is 8. The normalized spacial score (nSPS) is 13.0. The first-order valence-corrected chi connectivity index (χ1v) is 16.8. The molecule has 0 bridgehead atoms. The molecule has 228 valence electrons. The van der Waals surface area contributed by atoms with Crippen molar-refractivity contribution < 1.29 is 0 Å². The minimum atomic E-state index is -0.0725. The van der Waals surface area contributed by atoms with E-state index < -0.39 is 0 Å². The Morgan fingerprint density at radius 2 is 0.812 bits per heavy atom. The third-order valence-electron chi connectivity index (χ3n) is 10.2. The number of anilines is 3. The minimum absolute atomic E-state index is 0.0725. The Bertz CT molecular complexity index is 2450. The van der Waals surface area contributed by atoms with Crippen LogP contribution in [0.1, 0.15) is 25.0 Å². The van der Waals surface area contributed by atoms with Gasteiger partial charge in [-0.05, 0) is 121 Å². The summed E-state index contributed by atoms with van der Waals surface area (Å²) >= 11 is 0. The van der Waals surface area contributed by atoms with Crippen molar-refractivity contribution in [2.24, 2.45) is 0 Å². The fraction of sp³-hybridized carbons (Fsp3) is 0.0638. The van der Waals surface area contributed by atoms with E-state index in [2.05, 4.69) is 195 Å². The van der Waals surface area contributed by atoms with E-state index in [0.717, 1.165) is 17.1 Å². The van der Waals surface area contributed by atoms with Crippen LogP contribution in [-0.2, 0) is 5.41 Å². The van der Waals surface area contributed by atoms with Crippen LogP contribution in [0.25, 0.3) is 54.9 Å². The van der Waals surface area contributed by atoms with Gasteiger partial charge < -0.3 is 4.90 Å². The lowest BCUT2D eigenvalue weighted by Gasteiger charge is -2.27. The van der Waals surface area contributed by atoms with Crippen LogP contribution in [0.3, 0.4) is 0 Å². The molecule has 1 nitrogen and oxygen atoms in total. The summed E-state index contributed by atoms with van der Waals surface area (Å²) in [4.78, 5) is 2.39. The van der Waals surface area contributed by atoms with Crippen molar-refractivity contribution >= 4 is 38.6 Å². The highest BCUT2D eigenvalue weighted by Crippen LogP contribution is 2.51. The molecule has 0 saturated carbocycles. The molecule has 0 heterocycles. The average molecular weight is 614 g/mol. The van der Waals surface area contributed by atoms with E-state index in [1.807, 2.05) is 0 Å². The van der Waals surface area contributed by atoms with Crippen molar-refractivity contribution in [1.29, 1.82) is 0 Å². The summed E-state index contributed by atoms with van der Waals surface area (Å²) in [6.07, 6.45) is 0. The lowest BCUT2D eigenvalue weighted by atomic mass is 9.82. The second-order valence-corrected chi connectivity index (χ2v) is 13.5. The summed E-state index contributed by atoms with van der Waals surface area (Å²) in [5.74, 6) is 0. The molecule has 8 aromatic carbocycles. The van der Waals surface area contributed by atoms with Gasteiger partial charge in [0.1, 0.15) is 0 Å². The van der Waals surface area contributed by atoms with Gasteiger partial charge in [0.05, 0.1) is 0 Å². The van der Waals surface area contributed by atoms with Gasteiger partial charge in [0, 0.05) is 22.5 Å². The molecule has 0 atom stereocenters. The van der Waals surface area contributed by atoms with E-state index in [1.54, 1.807) is 0 Å². The first-order valence-electron chi connectivity index (χ1n) is 16.8. The SMILES string of the molecule is CC1(C)c2ccc(N(c3ccc(-c4ccccc4)cc3)c3ccc(-c4ccc5ccccc5c4)cc3)cc2-c2cc3ccccc3cc21. The molecule has 0 fully saturated rings. The van der Waals surface area contributed by atoms with E-state index in [0.29, 0.717) is 0 Å². The highest BCUT2D eigenvalue weighted by Gasteiger charge is 2.36. The molecule has 0 aliphatic heterocycles. The zero-order chi connectivity index (χ0) is 32.2. The van der Waals surface area contributed by atoms with Crippen molar-refractivity contribution in [3.8, 4) is 33.4 Å². The van der Waals surface area contributed by atoms with E-state index in [9.17, 15) is 0 Å². The van der Waals surface area contributed by atoms with Crippen LogP contribution in [0.4, 0.5) is 17.1 Å². The van der Waals surface area contributed by atoms with Crippen molar-refractivity contribution in [2.75, 3.05) is 4.90 Å². The Labute approximate surface area is 282 Å². The second-order valence-electron chi connectivity index (χ2n) is 13.5. The number of fused-ring (bicyclic) bond motifs is 5. The molecule has 1 aliphatic rings. The summed E-state index contributed by atoms with van der Waals surface area (Å²) in [5.41, 5.74) is 13.6. The predicted molar refractivity (Wildman–Crippen MR) is 205 cm³/mol. The molecule has 0 spiro atoms. The largest absolute Gasteiger partial charge is 0.310 e. The first kappa shape index (κ1) is 28.3. The molecule has 0 radical (unpaired) electrons. The second kappa shape index (κ2) is 11.1. The zero-order valence-electron chi connectivity index (χ0n) is 27.2. The summed E-state index contributed by atoms with van der Waals surface area (Å²) in [6, 6.07) is 64.4. The summed E-state index contributed by atoms with van der Waals surface area (Å²) in [7, 11) is 0. The van der Waals surface area contributed by atoms with Gasteiger partial charge in [-0.15, -0.1) is 0 Å². The molecule has 8 aromatic rings. The van der Waals surface area contributed by atoms with E-state index in [-0.39, 0.29) is 5.41 Å². The molecule has 1 aliphatic carbocycles. The number of nitrogens with zero attached hydrogens (tertiary/aromatic N) is 1. The fourth-order valence-electron chi connectivity index (χ4n) is 7.62. The van der Waals surface area contributed by atoms with Gasteiger partial charge in [0.15, 0.2) is 0 Å². The lowest BCUT2D eigenvalue weighted by molar-refractivity contribution is 0.661. The third kappa shape index (κ3) is 4.70. The van der Waals surface area contributed by atoms with Crippen LogP contribution in [0.15, 0.2) is 176 Å². The van der Waals surface area contributed by atoms with Gasteiger partial charge in [-0.3, -0.25) is 0 Å². The number of hydrogen-bond acceptors (Lipinski definition) is 1. The van der Waals surface area contributed by atoms with Gasteiger partial charge >= 0.3 is 0 Å². The number of rotatable bonds is 5. The standard InChI is InChI=1S/C47H35N/c1-47(2)45-27-26-42(31-44(45)43-29-37-14-8-9-15-38(37)30-46(43)47)48(40-22-18-34(19-23-40)32-10-4-3-5-11-32)41-24-20-35(21-25-41)39-17-16-33-12-6-7-13-36(33)28-39/h3-31H,1-2H3. The molecule has 0 N–H and O–H groups in total. The highest BCUT2D eigenvalue weighted by atomic mass is 15.1. The molecule has 1 heteroatoms. The molecule has 0 aromatic heterocycles. The van der Waals surface area contributed by atoms with Gasteiger partial charge in [0.25, 0.3) is 0 Å². The van der Waals surface area contributed by atoms with Crippen molar-refractivity contribution in [1.82, 2.24) is 0 Å². The summed E-state index contributed by atoms with van der Waals surface area (Å²) in [6.45, 7) is 4.72. The summed E-state index contributed by atoms with van der Waals surface area (Å²) in [5, 5.41) is 5.10. The van der Waals surface area contributed by atoms with Crippen molar-refractivity contribution in [3.63, 3.8) is 0 Å². The third-order valence-corrected chi connectivity index (χ3v) is 10.2. The Kier molecular flexibility index (Phi) is 6.55. The average Bonchev–Trinajstić information content (AvgIpc) is 3.36. The van der Waals surface area contributed by atoms with Crippen molar-refractivity contribution in [3.05, 3.63) is 187 Å². The Balaban J connectivity index is 1.17. The maximum atomic E-state index is 2.40. The highest BCUT2D eigenvalue weighted by molar-refractivity contribution is 5.95. The molecular weight excluding hydrogens is 579 g/mol. The molecule has 48 heavy (non-hydrogen) atoms. The maximum absolute atomic E-state index is 2.40. The quantitative estimate of drug-likeness (QED) is 0.187. The summed E-state index contributed by atoms with van der Waals surface area (Å²) < 4.78 is 0. The molecule has 0 amide bonds.